The van der Waals surface area contributed by atoms with E-state index in [-0.39, 0.29) is 5.91 Å². The molecule has 2 aromatic rings. The maximum atomic E-state index is 13.2. The largest absolute Gasteiger partial charge is 0.333 e. The van der Waals surface area contributed by atoms with E-state index in [0.29, 0.717) is 28.6 Å². The molecular weight excluding hydrogens is 350 g/mol. The molecule has 0 bridgehead atoms. The Morgan fingerprint density at radius 2 is 2.15 bits per heavy atom. The van der Waals surface area contributed by atoms with Gasteiger partial charge in [-0.2, -0.15) is 5.10 Å². The van der Waals surface area contributed by atoms with Crippen molar-refractivity contribution in [3.05, 3.63) is 40.3 Å². The Kier molecular flexibility index (Phi) is 4.71. The number of amides is 1. The number of carbonyl (C=O) groups is 1. The lowest BCUT2D eigenvalue weighted by molar-refractivity contribution is 0.0722. The van der Waals surface area contributed by atoms with Gasteiger partial charge in [0.1, 0.15) is 5.69 Å². The highest BCUT2D eigenvalue weighted by Crippen LogP contribution is 2.30. The number of halogens is 1. The lowest BCUT2D eigenvalue weighted by atomic mass is 10.2. The van der Waals surface area contributed by atoms with Gasteiger partial charge in [0.15, 0.2) is 5.82 Å². The van der Waals surface area contributed by atoms with Crippen LogP contribution in [0, 0.1) is 13.8 Å². The minimum Gasteiger partial charge on any atom is -0.333 e. The molecule has 1 aliphatic heterocycles. The van der Waals surface area contributed by atoms with Crippen molar-refractivity contribution in [3.63, 3.8) is 0 Å². The first-order chi connectivity index (χ1) is 12.5. The summed E-state index contributed by atoms with van der Waals surface area (Å²) in [6.45, 7) is 5.67. The van der Waals surface area contributed by atoms with Gasteiger partial charge in [0.05, 0.1) is 10.7 Å². The van der Waals surface area contributed by atoms with E-state index in [9.17, 15) is 4.79 Å². The summed E-state index contributed by atoms with van der Waals surface area (Å²) >= 11 is 6.35. The summed E-state index contributed by atoms with van der Waals surface area (Å²) in [6, 6.07) is 6.23. The van der Waals surface area contributed by atoms with Crippen molar-refractivity contribution >= 4 is 17.5 Å². The number of hydrogen-bond acceptors (Lipinski definition) is 4. The van der Waals surface area contributed by atoms with Crippen LogP contribution >= 0.6 is 11.6 Å². The number of hydrogen-bond donors (Lipinski definition) is 1. The molecule has 1 saturated heterocycles. The fourth-order valence-electron chi connectivity index (χ4n) is 3.63. The topological polar surface area (TPSA) is 63.1 Å². The predicted octanol–water partition coefficient (Wildman–Crippen LogP) is 2.89. The predicted molar refractivity (Wildman–Crippen MR) is 101 cm³/mol. The molecule has 6 nitrogen and oxygen atoms in total. The fourth-order valence-corrected chi connectivity index (χ4v) is 3.82. The minimum atomic E-state index is -0.0745. The fraction of sp³-hybridized carbons (Fsp3) is 0.526. The number of nitrogens with one attached hydrogen (secondary N) is 1. The molecule has 1 unspecified atom stereocenters. The van der Waals surface area contributed by atoms with E-state index in [0.717, 1.165) is 43.7 Å². The maximum absolute atomic E-state index is 13.2. The van der Waals surface area contributed by atoms with E-state index in [2.05, 4.69) is 15.4 Å². The molecule has 2 aromatic heterocycles. The van der Waals surface area contributed by atoms with Gasteiger partial charge in [0, 0.05) is 24.3 Å². The highest BCUT2D eigenvalue weighted by molar-refractivity contribution is 6.33. The van der Waals surface area contributed by atoms with Gasteiger partial charge in [0.2, 0.25) is 0 Å². The van der Waals surface area contributed by atoms with Gasteiger partial charge < -0.3 is 10.2 Å². The first kappa shape index (κ1) is 17.5. The van der Waals surface area contributed by atoms with E-state index in [1.54, 1.807) is 16.8 Å². The Hall–Kier alpha value is -1.92. The minimum absolute atomic E-state index is 0.0745. The quantitative estimate of drug-likeness (QED) is 0.875. The Labute approximate surface area is 158 Å². The van der Waals surface area contributed by atoms with Crippen molar-refractivity contribution in [1.29, 1.82) is 0 Å². The molecule has 1 amide bonds. The second-order valence-corrected chi connectivity index (χ2v) is 7.73. The van der Waals surface area contributed by atoms with Crippen molar-refractivity contribution in [2.45, 2.75) is 51.6 Å². The lowest BCUT2D eigenvalue weighted by Gasteiger charge is -2.26. The Morgan fingerprint density at radius 3 is 2.77 bits per heavy atom. The number of aromatic nitrogens is 3. The Bertz CT molecular complexity index is 823. The summed E-state index contributed by atoms with van der Waals surface area (Å²) < 4.78 is 1.75. The average Bonchev–Trinajstić information content (AvgIpc) is 3.22. The standard InChI is InChI=1S/C19H24ClN5O/c1-12-10-13(2)25(23-12)17-8-7-16(20)18(22-17)19(26)24(15-5-6-15)11-14-4-3-9-21-14/h7-8,10,14-15,21H,3-6,9,11H2,1-2H3. The number of aryl methyl sites for hydroxylation is 2. The number of nitrogens with zero attached hydrogens (tertiary/aromatic N) is 4. The van der Waals surface area contributed by atoms with Gasteiger partial charge in [0.25, 0.3) is 5.91 Å². The first-order valence-electron chi connectivity index (χ1n) is 9.27. The zero-order chi connectivity index (χ0) is 18.3. The molecule has 2 fully saturated rings. The van der Waals surface area contributed by atoms with Crippen molar-refractivity contribution < 1.29 is 4.79 Å². The zero-order valence-corrected chi connectivity index (χ0v) is 16.0. The van der Waals surface area contributed by atoms with Crippen LogP contribution in [0.4, 0.5) is 0 Å². The van der Waals surface area contributed by atoms with Crippen LogP contribution in [0.2, 0.25) is 5.02 Å². The molecule has 0 radical (unpaired) electrons. The van der Waals surface area contributed by atoms with Crippen LogP contribution < -0.4 is 5.32 Å². The van der Waals surface area contributed by atoms with Gasteiger partial charge in [-0.25, -0.2) is 9.67 Å². The van der Waals surface area contributed by atoms with E-state index in [4.69, 9.17) is 11.6 Å². The van der Waals surface area contributed by atoms with Crippen LogP contribution in [0.3, 0.4) is 0 Å². The van der Waals surface area contributed by atoms with Crippen LogP contribution in [0.15, 0.2) is 18.2 Å². The van der Waals surface area contributed by atoms with Crippen LogP contribution in [-0.4, -0.2) is 50.7 Å². The van der Waals surface area contributed by atoms with Crippen molar-refractivity contribution in [2.75, 3.05) is 13.1 Å². The molecular formula is C19H24ClN5O. The molecule has 2 aliphatic rings. The second kappa shape index (κ2) is 7.00. The third kappa shape index (κ3) is 3.48. The van der Waals surface area contributed by atoms with Crippen LogP contribution in [0.5, 0.6) is 0 Å². The molecule has 3 heterocycles. The van der Waals surface area contributed by atoms with Crippen molar-refractivity contribution in [2.24, 2.45) is 0 Å². The number of carbonyl (C=O) groups excluding carboxylic acids is 1. The van der Waals surface area contributed by atoms with Gasteiger partial charge in [-0.15, -0.1) is 0 Å². The first-order valence-corrected chi connectivity index (χ1v) is 9.65. The maximum Gasteiger partial charge on any atom is 0.274 e. The monoisotopic (exact) mass is 373 g/mol. The van der Waals surface area contributed by atoms with Crippen LogP contribution in [0.25, 0.3) is 5.82 Å². The van der Waals surface area contributed by atoms with Gasteiger partial charge in [-0.3, -0.25) is 4.79 Å². The molecule has 138 valence electrons. The van der Waals surface area contributed by atoms with E-state index in [1.165, 1.54) is 6.42 Å². The second-order valence-electron chi connectivity index (χ2n) is 7.32. The summed E-state index contributed by atoms with van der Waals surface area (Å²) in [5.74, 6) is 0.549. The molecule has 1 atom stereocenters. The van der Waals surface area contributed by atoms with E-state index >= 15 is 0 Å². The molecule has 0 aromatic carbocycles. The van der Waals surface area contributed by atoms with Gasteiger partial charge in [-0.1, -0.05) is 11.6 Å². The molecule has 1 saturated carbocycles. The average molecular weight is 374 g/mol. The molecule has 0 spiro atoms. The highest BCUT2D eigenvalue weighted by Gasteiger charge is 2.36. The molecule has 4 rings (SSSR count). The molecule has 26 heavy (non-hydrogen) atoms. The summed E-state index contributed by atoms with van der Waals surface area (Å²) in [7, 11) is 0. The van der Waals surface area contributed by atoms with Gasteiger partial charge >= 0.3 is 0 Å². The normalized spacial score (nSPS) is 19.7. The Morgan fingerprint density at radius 1 is 1.35 bits per heavy atom. The third-order valence-electron chi connectivity index (χ3n) is 5.09. The summed E-state index contributed by atoms with van der Waals surface area (Å²) in [4.78, 5) is 19.8. The molecule has 1 N–H and O–H groups in total. The van der Waals surface area contributed by atoms with Crippen molar-refractivity contribution in [3.8, 4) is 5.82 Å². The number of rotatable bonds is 5. The highest BCUT2D eigenvalue weighted by atomic mass is 35.5. The molecule has 7 heteroatoms. The number of pyridine rings is 1. The zero-order valence-electron chi connectivity index (χ0n) is 15.2. The Balaban J connectivity index is 1.63. The van der Waals surface area contributed by atoms with Crippen LogP contribution in [-0.2, 0) is 0 Å². The summed E-state index contributed by atoms with van der Waals surface area (Å²) in [5.41, 5.74) is 2.21. The van der Waals surface area contributed by atoms with E-state index in [1.807, 2.05) is 24.8 Å². The smallest absolute Gasteiger partial charge is 0.274 e. The van der Waals surface area contributed by atoms with Crippen LogP contribution in [0.1, 0.15) is 47.6 Å². The molecule has 1 aliphatic carbocycles. The summed E-state index contributed by atoms with van der Waals surface area (Å²) in [5, 5.41) is 8.33. The lowest BCUT2D eigenvalue weighted by Crippen LogP contribution is -2.42. The summed E-state index contributed by atoms with van der Waals surface area (Å²) in [6.07, 6.45) is 4.41. The van der Waals surface area contributed by atoms with Gasteiger partial charge in [-0.05, 0) is 64.3 Å². The van der Waals surface area contributed by atoms with Crippen molar-refractivity contribution in [1.82, 2.24) is 25.0 Å². The SMILES string of the molecule is Cc1cc(C)n(-c2ccc(Cl)c(C(=O)N(CC3CCCN3)C3CC3)n2)n1. The van der Waals surface area contributed by atoms with E-state index < -0.39 is 0 Å². The third-order valence-corrected chi connectivity index (χ3v) is 5.39.